The number of aromatic nitrogens is 1. The van der Waals surface area contributed by atoms with Crippen LogP contribution in [0.15, 0.2) is 59.6 Å². The minimum Gasteiger partial charge on any atom is -0.497 e. The molecule has 0 aliphatic carbocycles. The number of carbonyl (C=O) groups is 2. The number of hydrogen-bond donors (Lipinski definition) is 1. The van der Waals surface area contributed by atoms with Gasteiger partial charge in [0.2, 0.25) is 11.8 Å². The van der Waals surface area contributed by atoms with Crippen molar-refractivity contribution >= 4 is 27.5 Å². The van der Waals surface area contributed by atoms with Crippen molar-refractivity contribution in [2.24, 2.45) is 0 Å². The molecular weight excluding hydrogens is 592 g/mol. The molecule has 2 aliphatic rings. The van der Waals surface area contributed by atoms with E-state index in [4.69, 9.17) is 18.9 Å². The van der Waals surface area contributed by atoms with Crippen molar-refractivity contribution < 1.29 is 42.1 Å². The lowest BCUT2D eigenvalue weighted by atomic mass is 9.81. The molecule has 44 heavy (non-hydrogen) atoms. The number of likely N-dealkylation sites (N-methyl/N-ethyl adjacent to an activating group) is 1. The summed E-state index contributed by atoms with van der Waals surface area (Å²) in [5.41, 5.74) is -1.58. The van der Waals surface area contributed by atoms with E-state index in [9.17, 15) is 18.3 Å². The van der Waals surface area contributed by atoms with Crippen LogP contribution in [0, 0.1) is 0 Å². The summed E-state index contributed by atoms with van der Waals surface area (Å²) in [7, 11) is 4.04. The van der Waals surface area contributed by atoms with Gasteiger partial charge in [0.15, 0.2) is 5.54 Å². The van der Waals surface area contributed by atoms with Gasteiger partial charge in [0.25, 0.3) is 15.9 Å². The number of rotatable bonds is 9. The molecule has 3 aromatic rings. The first-order valence-electron chi connectivity index (χ1n) is 13.6. The Morgan fingerprint density at radius 3 is 2.30 bits per heavy atom. The number of hydrogen-bond acceptors (Lipinski definition) is 11. The Labute approximate surface area is 255 Å². The average molecular weight is 627 g/mol. The topological polar surface area (TPSA) is 148 Å². The lowest BCUT2D eigenvalue weighted by Gasteiger charge is -2.41. The number of anilines is 1. The summed E-state index contributed by atoms with van der Waals surface area (Å²) >= 11 is 0. The molecule has 14 heteroatoms. The van der Waals surface area contributed by atoms with E-state index >= 15 is 4.79 Å². The van der Waals surface area contributed by atoms with E-state index < -0.39 is 33.6 Å². The van der Waals surface area contributed by atoms with Crippen molar-refractivity contribution in [1.29, 1.82) is 0 Å². The van der Waals surface area contributed by atoms with Crippen molar-refractivity contribution in [2.45, 2.75) is 29.0 Å². The van der Waals surface area contributed by atoms with Gasteiger partial charge in [0.1, 0.15) is 22.1 Å². The molecule has 0 saturated carbocycles. The van der Waals surface area contributed by atoms with Crippen LogP contribution < -0.4 is 23.3 Å². The second-order valence-corrected chi connectivity index (χ2v) is 12.3. The number of aliphatic hydroxyl groups excluding tert-OH is 1. The van der Waals surface area contributed by atoms with E-state index in [1.54, 1.807) is 37.2 Å². The maximum Gasteiger partial charge on any atom is 0.274 e. The molecular formula is C30H34N4O9S. The van der Waals surface area contributed by atoms with E-state index in [-0.39, 0.29) is 52.2 Å². The zero-order chi connectivity index (χ0) is 32.0. The monoisotopic (exact) mass is 626 g/mol. The van der Waals surface area contributed by atoms with Gasteiger partial charge in [-0.15, -0.1) is 0 Å². The third-order valence-corrected chi connectivity index (χ3v) is 9.72. The molecule has 2 aromatic carbocycles. The van der Waals surface area contributed by atoms with Crippen LogP contribution in [0.3, 0.4) is 0 Å². The smallest absolute Gasteiger partial charge is 0.274 e. The van der Waals surface area contributed by atoms with Crippen LogP contribution in [0.4, 0.5) is 5.69 Å². The minimum absolute atomic E-state index is 0.00692. The van der Waals surface area contributed by atoms with E-state index in [0.717, 1.165) is 0 Å². The molecule has 234 valence electrons. The van der Waals surface area contributed by atoms with Crippen LogP contribution in [0.5, 0.6) is 23.1 Å². The summed E-state index contributed by atoms with van der Waals surface area (Å²) in [4.78, 5) is 35.8. The molecule has 1 unspecified atom stereocenters. The van der Waals surface area contributed by atoms with E-state index in [1.807, 2.05) is 0 Å². The van der Waals surface area contributed by atoms with Crippen molar-refractivity contribution in [3.8, 4) is 23.1 Å². The largest absolute Gasteiger partial charge is 0.497 e. The highest BCUT2D eigenvalue weighted by molar-refractivity contribution is 7.93. The zero-order valence-corrected chi connectivity index (χ0v) is 26.0. The van der Waals surface area contributed by atoms with Gasteiger partial charge in [-0.05, 0) is 48.9 Å². The van der Waals surface area contributed by atoms with Crippen molar-refractivity contribution in [3.05, 3.63) is 65.9 Å². The SMILES string of the molecule is COc1ccc(S(=O)(=O)N2C(=O)C(c3cccnc3OC)(N3C[C@H](O)C[C@H]3C(=O)N(C)C)c3cc(OC)ccc32)c(OC)c1. The number of carbonyl (C=O) groups excluding carboxylic acids is 2. The standard InChI is InChI=1S/C30H34N4O9S/c1-32(2)28(36)24-14-18(35)17-33(24)30(21-8-7-13-31-27(21)43-6)22-15-19(40-3)9-11-23(22)34(29(30)37)44(38,39)26-12-10-20(41-4)16-25(26)42-5/h7-13,15-16,18,24,35H,14,17H2,1-6H3/t18-,24+,30?/m1/s1. The van der Waals surface area contributed by atoms with Crippen molar-refractivity contribution in [3.63, 3.8) is 0 Å². The number of ether oxygens (including phenoxy) is 4. The Kier molecular flexibility index (Phi) is 8.18. The molecule has 13 nitrogen and oxygen atoms in total. The van der Waals surface area contributed by atoms with Crippen LogP contribution in [0.2, 0.25) is 0 Å². The predicted molar refractivity (Wildman–Crippen MR) is 159 cm³/mol. The van der Waals surface area contributed by atoms with Gasteiger partial charge in [-0.1, -0.05) is 0 Å². The Morgan fingerprint density at radius 2 is 1.66 bits per heavy atom. The summed E-state index contributed by atoms with van der Waals surface area (Å²) in [6.07, 6.45) is 0.477. The van der Waals surface area contributed by atoms with Crippen molar-refractivity contribution in [1.82, 2.24) is 14.8 Å². The highest BCUT2D eigenvalue weighted by atomic mass is 32.2. The van der Waals surface area contributed by atoms with Gasteiger partial charge in [0.05, 0.1) is 46.3 Å². The van der Waals surface area contributed by atoms with Gasteiger partial charge < -0.3 is 29.0 Å². The van der Waals surface area contributed by atoms with Crippen LogP contribution in [-0.2, 0) is 25.2 Å². The fraction of sp³-hybridized carbons (Fsp3) is 0.367. The molecule has 0 bridgehead atoms. The third-order valence-electron chi connectivity index (χ3n) is 7.99. The number of methoxy groups -OCH3 is 4. The Balaban J connectivity index is 1.88. The predicted octanol–water partition coefficient (Wildman–Crippen LogP) is 1.62. The number of aliphatic hydroxyl groups is 1. The number of amides is 2. The molecule has 2 amide bonds. The lowest BCUT2D eigenvalue weighted by molar-refractivity contribution is -0.138. The number of nitrogens with zero attached hydrogens (tertiary/aromatic N) is 4. The maximum atomic E-state index is 15.2. The Hall–Kier alpha value is -4.40. The van der Waals surface area contributed by atoms with E-state index in [2.05, 4.69) is 4.98 Å². The summed E-state index contributed by atoms with van der Waals surface area (Å²) in [6, 6.07) is 10.9. The highest BCUT2D eigenvalue weighted by Crippen LogP contribution is 2.55. The summed E-state index contributed by atoms with van der Waals surface area (Å²) in [5, 5.41) is 10.9. The molecule has 0 radical (unpaired) electrons. The molecule has 0 spiro atoms. The number of pyridine rings is 1. The maximum absolute atomic E-state index is 15.2. The van der Waals surface area contributed by atoms with Crippen LogP contribution in [-0.4, -0.2) is 101 Å². The Morgan fingerprint density at radius 1 is 0.977 bits per heavy atom. The molecule has 3 atom stereocenters. The van der Waals surface area contributed by atoms with E-state index in [1.165, 1.54) is 69.9 Å². The van der Waals surface area contributed by atoms with Crippen LogP contribution >= 0.6 is 0 Å². The number of likely N-dealkylation sites (tertiary alicyclic amines) is 1. The number of sulfonamides is 1. The third kappa shape index (κ3) is 4.60. The van der Waals surface area contributed by atoms with Crippen LogP contribution in [0.25, 0.3) is 0 Å². The lowest BCUT2D eigenvalue weighted by Crippen LogP contribution is -2.59. The molecule has 2 aliphatic heterocycles. The summed E-state index contributed by atoms with van der Waals surface area (Å²) < 4.78 is 51.7. The molecule has 5 rings (SSSR count). The van der Waals surface area contributed by atoms with Gasteiger partial charge >= 0.3 is 0 Å². The quantitative estimate of drug-likeness (QED) is 0.369. The molecule has 3 heterocycles. The van der Waals surface area contributed by atoms with Crippen molar-refractivity contribution in [2.75, 3.05) is 53.4 Å². The summed E-state index contributed by atoms with van der Waals surface area (Å²) in [6.45, 7) is -0.134. The number of benzene rings is 2. The van der Waals surface area contributed by atoms with Crippen LogP contribution in [0.1, 0.15) is 17.5 Å². The fourth-order valence-corrected chi connectivity index (χ4v) is 7.65. The average Bonchev–Trinajstić information content (AvgIpc) is 3.54. The summed E-state index contributed by atoms with van der Waals surface area (Å²) in [5.74, 6) is -0.617. The fourth-order valence-electron chi connectivity index (χ4n) is 6.04. The molecule has 1 saturated heterocycles. The first-order valence-corrected chi connectivity index (χ1v) is 15.1. The second kappa shape index (κ2) is 11.6. The van der Waals surface area contributed by atoms with Gasteiger partial charge in [-0.2, -0.15) is 0 Å². The molecule has 1 N–H and O–H groups in total. The van der Waals surface area contributed by atoms with Gasteiger partial charge in [-0.3, -0.25) is 14.5 Å². The van der Waals surface area contributed by atoms with E-state index in [0.29, 0.717) is 15.8 Å². The minimum atomic E-state index is -4.67. The number of β-amino-alcohol motifs (C(OH)–C–C–N with tert-alkyl or cyclic N) is 1. The number of fused-ring (bicyclic) bond motifs is 1. The zero-order valence-electron chi connectivity index (χ0n) is 25.2. The first kappa shape index (κ1) is 31.0. The molecule has 1 aromatic heterocycles. The Bertz CT molecular complexity index is 1710. The first-order chi connectivity index (χ1) is 21.0. The second-order valence-electron chi connectivity index (χ2n) is 10.5. The van der Waals surface area contributed by atoms with Gasteiger partial charge in [0, 0.05) is 44.0 Å². The van der Waals surface area contributed by atoms with Gasteiger partial charge in [-0.25, -0.2) is 17.7 Å². The highest BCUT2D eigenvalue weighted by Gasteiger charge is 2.64. The normalized spacial score (nSPS) is 21.6. The molecule has 1 fully saturated rings.